The Morgan fingerprint density at radius 1 is 1.20 bits per heavy atom. The lowest BCUT2D eigenvalue weighted by atomic mass is 9.84. The largest absolute Gasteiger partial charge is 0.321 e. The van der Waals surface area contributed by atoms with Crippen LogP contribution < -0.4 is 5.32 Å². The van der Waals surface area contributed by atoms with Crippen LogP contribution in [0.3, 0.4) is 0 Å². The highest BCUT2D eigenvalue weighted by atomic mass is 35.5. The van der Waals surface area contributed by atoms with E-state index >= 15 is 0 Å². The standard InChI is InChI=1S/C21H14Cl2N6O/c22-18-10-16(12-25-19(18)29-26-8-9-27-29)28-20(30)17-7-6-15(11-21(17,23)13-24)14-4-2-1-3-5-14/h1-10,12H,11H2,(H,28,30). The van der Waals surface area contributed by atoms with Crippen LogP contribution in [0.1, 0.15) is 12.0 Å². The molecule has 0 aliphatic heterocycles. The van der Waals surface area contributed by atoms with Crippen LogP contribution in [0.25, 0.3) is 11.4 Å². The van der Waals surface area contributed by atoms with E-state index in [9.17, 15) is 10.1 Å². The maximum atomic E-state index is 12.9. The molecule has 0 fully saturated rings. The van der Waals surface area contributed by atoms with Crippen LogP contribution in [0.4, 0.5) is 5.69 Å². The summed E-state index contributed by atoms with van der Waals surface area (Å²) in [6.45, 7) is 0. The summed E-state index contributed by atoms with van der Waals surface area (Å²) in [7, 11) is 0. The Labute approximate surface area is 182 Å². The lowest BCUT2D eigenvalue weighted by Crippen LogP contribution is -2.33. The number of amides is 1. The van der Waals surface area contributed by atoms with Gasteiger partial charge in [0.25, 0.3) is 5.91 Å². The molecule has 2 heterocycles. The van der Waals surface area contributed by atoms with E-state index < -0.39 is 10.8 Å². The molecular formula is C21H14Cl2N6O. The van der Waals surface area contributed by atoms with Gasteiger partial charge in [-0.2, -0.15) is 15.5 Å². The second-order valence-electron chi connectivity index (χ2n) is 6.53. The van der Waals surface area contributed by atoms with E-state index in [4.69, 9.17) is 23.2 Å². The second-order valence-corrected chi connectivity index (χ2v) is 7.58. The molecule has 3 aromatic rings. The lowest BCUT2D eigenvalue weighted by Gasteiger charge is -2.26. The number of pyridine rings is 1. The molecule has 1 unspecified atom stereocenters. The van der Waals surface area contributed by atoms with Gasteiger partial charge in [-0.25, -0.2) is 4.98 Å². The number of carbonyl (C=O) groups excluding carboxylic acids is 1. The van der Waals surface area contributed by atoms with Gasteiger partial charge in [0, 0.05) is 6.42 Å². The lowest BCUT2D eigenvalue weighted by molar-refractivity contribution is -0.113. The summed E-state index contributed by atoms with van der Waals surface area (Å²) in [5, 5.41) is 20.6. The van der Waals surface area contributed by atoms with Gasteiger partial charge in [-0.3, -0.25) is 4.79 Å². The van der Waals surface area contributed by atoms with Crippen molar-refractivity contribution in [3.63, 3.8) is 0 Å². The smallest absolute Gasteiger partial charge is 0.254 e. The average molecular weight is 437 g/mol. The molecule has 1 aliphatic carbocycles. The van der Waals surface area contributed by atoms with E-state index in [0.717, 1.165) is 11.1 Å². The summed E-state index contributed by atoms with van der Waals surface area (Å²) >= 11 is 12.8. The Morgan fingerprint density at radius 2 is 1.93 bits per heavy atom. The highest BCUT2D eigenvalue weighted by Gasteiger charge is 2.39. The number of allylic oxidation sites excluding steroid dienone is 3. The van der Waals surface area contributed by atoms with Crippen LogP contribution in [0, 0.1) is 11.3 Å². The molecule has 30 heavy (non-hydrogen) atoms. The molecule has 7 nitrogen and oxygen atoms in total. The molecule has 0 saturated carbocycles. The molecule has 9 heteroatoms. The van der Waals surface area contributed by atoms with Gasteiger partial charge in [0.05, 0.1) is 40.9 Å². The molecule has 1 atom stereocenters. The fourth-order valence-electron chi connectivity index (χ4n) is 3.11. The highest BCUT2D eigenvalue weighted by Crippen LogP contribution is 2.39. The van der Waals surface area contributed by atoms with Crippen molar-refractivity contribution < 1.29 is 4.79 Å². The molecule has 0 spiro atoms. The Hall–Kier alpha value is -3.47. The molecule has 4 rings (SSSR count). The first kappa shape index (κ1) is 19.8. The van der Waals surface area contributed by atoms with Crippen molar-refractivity contribution in [2.75, 3.05) is 5.32 Å². The minimum absolute atomic E-state index is 0.153. The van der Waals surface area contributed by atoms with Gasteiger partial charge < -0.3 is 5.32 Å². The number of aromatic nitrogens is 4. The molecule has 1 aliphatic rings. The number of halogens is 2. The zero-order chi connectivity index (χ0) is 21.1. The number of carbonyl (C=O) groups is 1. The van der Waals surface area contributed by atoms with Gasteiger partial charge in [0.1, 0.15) is 0 Å². The first-order valence-corrected chi connectivity index (χ1v) is 9.66. The van der Waals surface area contributed by atoms with E-state index in [1.807, 2.05) is 30.3 Å². The third-order valence-corrected chi connectivity index (χ3v) is 5.27. The molecule has 1 N–H and O–H groups in total. The van der Waals surface area contributed by atoms with Crippen molar-refractivity contribution in [3.8, 4) is 11.9 Å². The van der Waals surface area contributed by atoms with Crippen molar-refractivity contribution >= 4 is 40.4 Å². The van der Waals surface area contributed by atoms with E-state index in [-0.39, 0.29) is 17.0 Å². The van der Waals surface area contributed by atoms with E-state index in [2.05, 4.69) is 26.6 Å². The predicted octanol–water partition coefficient (Wildman–Crippen LogP) is 4.17. The maximum absolute atomic E-state index is 12.9. The van der Waals surface area contributed by atoms with Gasteiger partial charge in [-0.1, -0.05) is 65.7 Å². The van der Waals surface area contributed by atoms with Crippen molar-refractivity contribution in [1.29, 1.82) is 5.26 Å². The molecule has 1 amide bonds. The molecular weight excluding hydrogens is 423 g/mol. The quantitative estimate of drug-likeness (QED) is 0.618. The number of nitrogens with one attached hydrogen (secondary N) is 1. The van der Waals surface area contributed by atoms with Crippen molar-refractivity contribution in [2.45, 2.75) is 11.3 Å². The summed E-state index contributed by atoms with van der Waals surface area (Å²) in [5.74, 6) is -0.173. The van der Waals surface area contributed by atoms with Gasteiger partial charge in [-0.15, -0.1) is 4.80 Å². The third kappa shape index (κ3) is 3.83. The monoisotopic (exact) mass is 436 g/mol. The van der Waals surface area contributed by atoms with E-state index in [1.165, 1.54) is 29.5 Å². The van der Waals surface area contributed by atoms with E-state index in [0.29, 0.717) is 11.5 Å². The Bertz CT molecular complexity index is 1200. The van der Waals surface area contributed by atoms with Crippen molar-refractivity contribution in [3.05, 3.63) is 83.3 Å². The summed E-state index contributed by atoms with van der Waals surface area (Å²) in [6.07, 6.45) is 8.02. The summed E-state index contributed by atoms with van der Waals surface area (Å²) < 4.78 is 0. The molecule has 2 aromatic heterocycles. The zero-order valence-corrected chi connectivity index (χ0v) is 17.0. The average Bonchev–Trinajstić information content (AvgIpc) is 3.29. The number of hydrogen-bond donors (Lipinski definition) is 1. The number of nitriles is 1. The van der Waals surface area contributed by atoms with Crippen LogP contribution in [-0.2, 0) is 4.79 Å². The normalized spacial score (nSPS) is 18.2. The first-order chi connectivity index (χ1) is 14.5. The highest BCUT2D eigenvalue weighted by molar-refractivity contribution is 6.33. The van der Waals surface area contributed by atoms with Crippen molar-refractivity contribution in [2.24, 2.45) is 0 Å². The SMILES string of the molecule is N#CC1(Cl)CC(c2ccccc2)=CC=C1C(=O)Nc1cnc(-n2nccn2)c(Cl)c1. The molecule has 0 radical (unpaired) electrons. The Morgan fingerprint density at radius 3 is 2.60 bits per heavy atom. The van der Waals surface area contributed by atoms with Gasteiger partial charge in [0.2, 0.25) is 0 Å². The minimum atomic E-state index is -1.49. The van der Waals surface area contributed by atoms with Gasteiger partial charge in [0.15, 0.2) is 10.7 Å². The molecule has 148 valence electrons. The fourth-order valence-corrected chi connectivity index (χ4v) is 3.64. The van der Waals surface area contributed by atoms with Crippen LogP contribution >= 0.6 is 23.2 Å². The third-order valence-electron chi connectivity index (χ3n) is 4.57. The van der Waals surface area contributed by atoms with Gasteiger partial charge in [-0.05, 0) is 17.2 Å². The number of hydrogen-bond acceptors (Lipinski definition) is 5. The topological polar surface area (TPSA) is 96.5 Å². The summed E-state index contributed by atoms with van der Waals surface area (Å²) in [4.78, 5) is 16.8. The molecule has 0 saturated heterocycles. The van der Waals surface area contributed by atoms with Crippen LogP contribution in [-0.4, -0.2) is 30.8 Å². The summed E-state index contributed by atoms with van der Waals surface area (Å²) in [6, 6.07) is 13.2. The summed E-state index contributed by atoms with van der Waals surface area (Å²) in [5.41, 5.74) is 2.34. The molecule has 0 bridgehead atoms. The minimum Gasteiger partial charge on any atom is -0.321 e. The number of alkyl halides is 1. The van der Waals surface area contributed by atoms with Crippen LogP contribution in [0.5, 0.6) is 0 Å². The number of rotatable bonds is 4. The number of nitrogens with zero attached hydrogens (tertiary/aromatic N) is 5. The zero-order valence-electron chi connectivity index (χ0n) is 15.5. The van der Waals surface area contributed by atoms with Crippen LogP contribution in [0.15, 0.2) is 72.7 Å². The predicted molar refractivity (Wildman–Crippen MR) is 114 cm³/mol. The fraction of sp³-hybridized carbons (Fsp3) is 0.0952. The Balaban J connectivity index is 1.59. The van der Waals surface area contributed by atoms with E-state index in [1.54, 1.807) is 12.2 Å². The first-order valence-electron chi connectivity index (χ1n) is 8.91. The van der Waals surface area contributed by atoms with Crippen LogP contribution in [0.2, 0.25) is 5.02 Å². The van der Waals surface area contributed by atoms with Crippen molar-refractivity contribution in [1.82, 2.24) is 20.0 Å². The maximum Gasteiger partial charge on any atom is 0.254 e. The van der Waals surface area contributed by atoms with Gasteiger partial charge >= 0.3 is 0 Å². The Kier molecular flexibility index (Phi) is 5.36. The number of benzene rings is 1. The second kappa shape index (κ2) is 8.11. The number of anilines is 1. The molecule has 1 aromatic carbocycles.